The monoisotopic (exact) mass is 446 g/mol. The minimum atomic E-state index is -4.37. The van der Waals surface area contributed by atoms with E-state index in [0.717, 1.165) is 28.3 Å². The van der Waals surface area contributed by atoms with Crippen molar-refractivity contribution in [3.63, 3.8) is 0 Å². The molecule has 0 saturated carbocycles. The Morgan fingerprint density at radius 1 is 1.16 bits per heavy atom. The Labute approximate surface area is 184 Å². The van der Waals surface area contributed by atoms with Gasteiger partial charge in [-0.3, -0.25) is 9.79 Å². The molecule has 31 heavy (non-hydrogen) atoms. The van der Waals surface area contributed by atoms with Gasteiger partial charge in [0.15, 0.2) is 0 Å². The first kappa shape index (κ1) is 21.9. The van der Waals surface area contributed by atoms with E-state index in [1.54, 1.807) is 6.92 Å². The Kier molecular flexibility index (Phi) is 5.66. The number of alkyl halides is 3. The second kappa shape index (κ2) is 8.01. The van der Waals surface area contributed by atoms with Gasteiger partial charge in [0.05, 0.1) is 5.56 Å². The summed E-state index contributed by atoms with van der Waals surface area (Å²) >= 11 is 1.81. The number of nitrogens with zero attached hydrogens (tertiary/aromatic N) is 1. The molecule has 7 heteroatoms. The lowest BCUT2D eigenvalue weighted by Crippen LogP contribution is -2.44. The minimum Gasteiger partial charge on any atom is -0.348 e. The predicted octanol–water partition coefficient (Wildman–Crippen LogP) is 5.32. The van der Waals surface area contributed by atoms with Gasteiger partial charge in [-0.05, 0) is 54.8 Å². The van der Waals surface area contributed by atoms with Gasteiger partial charge in [-0.15, -0.1) is 0 Å². The maximum Gasteiger partial charge on any atom is 0.416 e. The smallest absolute Gasteiger partial charge is 0.348 e. The van der Waals surface area contributed by atoms with Crippen molar-refractivity contribution in [3.8, 4) is 0 Å². The number of nitrogens with one attached hydrogen (secondary N) is 1. The molecular weight excluding hydrogens is 421 g/mol. The van der Waals surface area contributed by atoms with E-state index >= 15 is 0 Å². The zero-order chi connectivity index (χ0) is 22.4. The molecule has 164 valence electrons. The van der Waals surface area contributed by atoms with Gasteiger partial charge in [0.1, 0.15) is 0 Å². The van der Waals surface area contributed by atoms with Crippen LogP contribution in [0.1, 0.15) is 51.5 Å². The van der Waals surface area contributed by atoms with Crippen LogP contribution in [0.25, 0.3) is 0 Å². The Hall–Kier alpha value is -2.28. The molecular formula is C24H25F3N2OS. The van der Waals surface area contributed by atoms with Crippen molar-refractivity contribution in [2.75, 3.05) is 18.1 Å². The number of amides is 1. The highest BCUT2D eigenvalue weighted by Crippen LogP contribution is 2.39. The normalized spacial score (nSPS) is 21.5. The third kappa shape index (κ3) is 4.52. The van der Waals surface area contributed by atoms with Crippen LogP contribution in [-0.2, 0) is 11.6 Å². The molecule has 1 N–H and O–H groups in total. The molecule has 0 spiro atoms. The predicted molar refractivity (Wildman–Crippen MR) is 119 cm³/mol. The lowest BCUT2D eigenvalue weighted by atomic mass is 9.78. The second-order valence-electron chi connectivity index (χ2n) is 8.82. The maximum absolute atomic E-state index is 13.3. The van der Waals surface area contributed by atoms with Crippen molar-refractivity contribution in [2.45, 2.75) is 44.8 Å². The van der Waals surface area contributed by atoms with Crippen LogP contribution in [0.3, 0.4) is 0 Å². The van der Waals surface area contributed by atoms with Crippen molar-refractivity contribution in [1.82, 2.24) is 5.32 Å². The summed E-state index contributed by atoms with van der Waals surface area (Å²) in [5, 5.41) is 3.04. The molecule has 1 atom stereocenters. The van der Waals surface area contributed by atoms with Crippen molar-refractivity contribution in [1.29, 1.82) is 0 Å². The molecule has 1 unspecified atom stereocenters. The van der Waals surface area contributed by atoms with Gasteiger partial charge in [-0.2, -0.15) is 24.9 Å². The van der Waals surface area contributed by atoms with Crippen molar-refractivity contribution >= 4 is 23.4 Å². The molecule has 4 rings (SSSR count). The van der Waals surface area contributed by atoms with Gasteiger partial charge in [-0.1, -0.05) is 24.6 Å². The number of thioether (sulfide) groups is 1. The van der Waals surface area contributed by atoms with Crippen LogP contribution in [0.4, 0.5) is 13.2 Å². The van der Waals surface area contributed by atoms with Gasteiger partial charge in [0, 0.05) is 47.2 Å². The third-order valence-electron chi connectivity index (χ3n) is 6.06. The maximum atomic E-state index is 13.3. The fraction of sp³-hybridized carbons (Fsp3) is 0.417. The highest BCUT2D eigenvalue weighted by atomic mass is 32.2. The summed E-state index contributed by atoms with van der Waals surface area (Å²) in [5.41, 5.74) is 3.44. The first-order valence-electron chi connectivity index (χ1n) is 10.3. The number of hydrogen-bond donors (Lipinski definition) is 1. The van der Waals surface area contributed by atoms with Crippen LogP contribution < -0.4 is 5.32 Å². The Bertz CT molecular complexity index is 1060. The Balaban J connectivity index is 1.54. The summed E-state index contributed by atoms with van der Waals surface area (Å²) in [6.07, 6.45) is -3.82. The van der Waals surface area contributed by atoms with E-state index in [9.17, 15) is 18.0 Å². The van der Waals surface area contributed by atoms with E-state index in [1.165, 1.54) is 12.1 Å². The highest BCUT2D eigenvalue weighted by Gasteiger charge is 2.37. The molecule has 0 aliphatic carbocycles. The van der Waals surface area contributed by atoms with E-state index in [-0.39, 0.29) is 11.9 Å². The molecule has 2 aromatic carbocycles. The molecule has 2 aromatic rings. The summed E-state index contributed by atoms with van der Waals surface area (Å²) < 4.78 is 39.9. The Morgan fingerprint density at radius 3 is 2.52 bits per heavy atom. The van der Waals surface area contributed by atoms with Crippen molar-refractivity contribution < 1.29 is 18.0 Å². The number of benzene rings is 2. The molecule has 1 amide bonds. The summed E-state index contributed by atoms with van der Waals surface area (Å²) in [4.78, 5) is 17.2. The molecule has 2 aliphatic heterocycles. The molecule has 1 fully saturated rings. The molecule has 0 bridgehead atoms. The van der Waals surface area contributed by atoms with Crippen LogP contribution in [0.15, 0.2) is 41.4 Å². The lowest BCUT2D eigenvalue weighted by Gasteiger charge is -2.26. The molecule has 2 aliphatic rings. The zero-order valence-corrected chi connectivity index (χ0v) is 18.6. The number of carbonyl (C=O) groups is 1. The van der Waals surface area contributed by atoms with Crippen LogP contribution >= 0.6 is 11.8 Å². The summed E-state index contributed by atoms with van der Waals surface area (Å²) in [5.74, 6) is 1.84. The first-order chi connectivity index (χ1) is 14.5. The zero-order valence-electron chi connectivity index (χ0n) is 17.8. The average Bonchev–Trinajstić information content (AvgIpc) is 3.07. The van der Waals surface area contributed by atoms with E-state index in [1.807, 2.05) is 49.9 Å². The average molecular weight is 447 g/mol. The number of halogens is 3. The van der Waals surface area contributed by atoms with Crippen molar-refractivity contribution in [3.05, 3.63) is 69.8 Å². The molecule has 3 nitrogen and oxygen atoms in total. The van der Waals surface area contributed by atoms with E-state index < -0.39 is 17.2 Å². The van der Waals surface area contributed by atoms with Gasteiger partial charge in [0.25, 0.3) is 5.91 Å². The fourth-order valence-corrected chi connectivity index (χ4v) is 4.75. The fourth-order valence-electron chi connectivity index (χ4n) is 4.11. The van der Waals surface area contributed by atoms with Crippen LogP contribution in [0.2, 0.25) is 0 Å². The van der Waals surface area contributed by atoms with Gasteiger partial charge in [-0.25, -0.2) is 0 Å². The summed E-state index contributed by atoms with van der Waals surface area (Å²) in [6, 6.07) is 10.2. The van der Waals surface area contributed by atoms with E-state index in [2.05, 4.69) is 10.3 Å². The molecule has 2 heterocycles. The SMILES string of the molecule is Cc1cc(C(F)(F)F)cc(C2(C)CN=C(c3ccc(C(=O)NC4CSC4)c(C)c3)C2)c1. The first-order valence-corrected chi connectivity index (χ1v) is 11.4. The number of aliphatic imine (C=N–C) groups is 1. The van der Waals surface area contributed by atoms with E-state index in [0.29, 0.717) is 29.7 Å². The van der Waals surface area contributed by atoms with Crippen LogP contribution in [-0.4, -0.2) is 35.7 Å². The quantitative estimate of drug-likeness (QED) is 0.691. The topological polar surface area (TPSA) is 41.5 Å². The van der Waals surface area contributed by atoms with Crippen LogP contribution in [0.5, 0.6) is 0 Å². The summed E-state index contributed by atoms with van der Waals surface area (Å²) in [7, 11) is 0. The number of carbonyl (C=O) groups excluding carboxylic acids is 1. The summed E-state index contributed by atoms with van der Waals surface area (Å²) in [6.45, 7) is 5.99. The standard InChI is InChI=1S/C24H25F3N2OS/c1-14-6-17(9-18(7-14)24(25,26)27)23(3)10-21(28-13-23)16-4-5-20(15(2)8-16)22(30)29-19-11-31-12-19/h4-9,19H,10-13H2,1-3H3,(H,29,30). The Morgan fingerprint density at radius 2 is 1.90 bits per heavy atom. The second-order valence-corrected chi connectivity index (χ2v) is 9.90. The van der Waals surface area contributed by atoms with Gasteiger partial charge >= 0.3 is 6.18 Å². The molecule has 0 radical (unpaired) electrons. The number of aryl methyl sites for hydroxylation is 2. The van der Waals surface area contributed by atoms with Gasteiger partial charge < -0.3 is 5.32 Å². The van der Waals surface area contributed by atoms with E-state index in [4.69, 9.17) is 0 Å². The molecule has 1 saturated heterocycles. The van der Waals surface area contributed by atoms with Crippen molar-refractivity contribution in [2.24, 2.45) is 4.99 Å². The number of rotatable bonds is 4. The largest absolute Gasteiger partial charge is 0.416 e. The lowest BCUT2D eigenvalue weighted by molar-refractivity contribution is -0.137. The molecule has 0 aromatic heterocycles. The highest BCUT2D eigenvalue weighted by molar-refractivity contribution is 8.00. The third-order valence-corrected chi connectivity index (χ3v) is 7.33. The van der Waals surface area contributed by atoms with Gasteiger partial charge in [0.2, 0.25) is 0 Å². The van der Waals surface area contributed by atoms with Crippen LogP contribution in [0, 0.1) is 13.8 Å². The number of hydrogen-bond acceptors (Lipinski definition) is 3. The minimum absolute atomic E-state index is 0.0630.